The molecule has 1 aromatic heterocycles. The lowest BCUT2D eigenvalue weighted by Gasteiger charge is -2.20. The first-order valence-electron chi connectivity index (χ1n) is 10.6. The smallest absolute Gasteiger partial charge is 0.270 e. The molecule has 0 saturated carbocycles. The fourth-order valence-corrected chi connectivity index (χ4v) is 3.86. The number of aryl methyl sites for hydroxylation is 1. The Morgan fingerprint density at radius 3 is 2.10 bits per heavy atom. The minimum atomic E-state index is -0.108. The van der Waals surface area contributed by atoms with E-state index in [1.54, 1.807) is 16.8 Å². The van der Waals surface area contributed by atoms with E-state index < -0.39 is 0 Å². The molecule has 4 nitrogen and oxygen atoms in total. The van der Waals surface area contributed by atoms with Gasteiger partial charge in [0.05, 0.1) is 11.7 Å². The summed E-state index contributed by atoms with van der Waals surface area (Å²) in [6.07, 6.45) is 1.29. The molecule has 0 atom stereocenters. The molecule has 0 unspecified atom stereocenters. The van der Waals surface area contributed by atoms with Crippen LogP contribution in [0.15, 0.2) is 89.7 Å². The molecule has 0 aliphatic rings. The maximum absolute atomic E-state index is 13.5. The van der Waals surface area contributed by atoms with Gasteiger partial charge in [0.2, 0.25) is 0 Å². The summed E-state index contributed by atoms with van der Waals surface area (Å²) >= 11 is 0. The van der Waals surface area contributed by atoms with Crippen molar-refractivity contribution in [3.63, 3.8) is 0 Å². The van der Waals surface area contributed by atoms with Crippen molar-refractivity contribution in [2.75, 3.05) is 0 Å². The lowest BCUT2D eigenvalue weighted by molar-refractivity contribution is 0.476. The van der Waals surface area contributed by atoms with Crippen LogP contribution in [0.5, 0.6) is 5.75 Å². The van der Waals surface area contributed by atoms with Crippen LogP contribution in [0.3, 0.4) is 0 Å². The summed E-state index contributed by atoms with van der Waals surface area (Å²) in [4.78, 5) is 13.5. The fraction of sp³-hybridized carbons (Fsp3) is 0.185. The van der Waals surface area contributed by atoms with Crippen molar-refractivity contribution in [1.82, 2.24) is 9.78 Å². The van der Waals surface area contributed by atoms with Crippen molar-refractivity contribution in [3.8, 4) is 28.1 Å². The van der Waals surface area contributed by atoms with Gasteiger partial charge in [0.15, 0.2) is 0 Å². The summed E-state index contributed by atoms with van der Waals surface area (Å²) < 4.78 is 1.56. The van der Waals surface area contributed by atoms with Crippen LogP contribution in [0.25, 0.3) is 22.4 Å². The zero-order valence-electron chi connectivity index (χ0n) is 17.8. The van der Waals surface area contributed by atoms with Crippen LogP contribution >= 0.6 is 0 Å². The number of hydrogen-bond acceptors (Lipinski definition) is 3. The Balaban J connectivity index is 1.99. The molecule has 1 N–H and O–H groups in total. The van der Waals surface area contributed by atoms with E-state index >= 15 is 0 Å². The molecule has 31 heavy (non-hydrogen) atoms. The van der Waals surface area contributed by atoms with Crippen LogP contribution in [-0.2, 0) is 12.8 Å². The Morgan fingerprint density at radius 2 is 1.45 bits per heavy atom. The first-order valence-corrected chi connectivity index (χ1v) is 10.6. The van der Waals surface area contributed by atoms with Gasteiger partial charge in [0.25, 0.3) is 5.56 Å². The third-order valence-corrected chi connectivity index (χ3v) is 5.43. The van der Waals surface area contributed by atoms with Crippen LogP contribution in [0, 0.1) is 0 Å². The summed E-state index contributed by atoms with van der Waals surface area (Å²) in [6, 6.07) is 27.1. The molecule has 0 saturated heterocycles. The van der Waals surface area contributed by atoms with Crippen molar-refractivity contribution >= 4 is 0 Å². The van der Waals surface area contributed by atoms with Gasteiger partial charge in [0.1, 0.15) is 5.75 Å². The molecule has 0 fully saturated rings. The average molecular weight is 411 g/mol. The molecular formula is C27H26N2O2. The first-order chi connectivity index (χ1) is 15.1. The second kappa shape index (κ2) is 9.00. The van der Waals surface area contributed by atoms with Crippen molar-refractivity contribution in [2.45, 2.75) is 32.7 Å². The van der Waals surface area contributed by atoms with Crippen LogP contribution in [-0.4, -0.2) is 14.9 Å². The summed E-state index contributed by atoms with van der Waals surface area (Å²) in [6.45, 7) is 3.92. The van der Waals surface area contributed by atoms with Gasteiger partial charge in [0, 0.05) is 22.3 Å². The number of phenolic OH excluding ortho intramolecular Hbond substituents is 1. The number of rotatable bonds is 6. The second-order valence-corrected chi connectivity index (χ2v) is 7.91. The molecule has 0 bridgehead atoms. The molecule has 0 amide bonds. The number of nitrogens with zero attached hydrogens (tertiary/aromatic N) is 2. The highest BCUT2D eigenvalue weighted by atomic mass is 16.3. The number of aromatic nitrogens is 2. The van der Waals surface area contributed by atoms with Crippen molar-refractivity contribution in [3.05, 3.63) is 106 Å². The highest BCUT2D eigenvalue weighted by Gasteiger charge is 2.22. The fourth-order valence-electron chi connectivity index (χ4n) is 3.86. The maximum Gasteiger partial charge on any atom is 0.270 e. The van der Waals surface area contributed by atoms with E-state index in [2.05, 4.69) is 12.1 Å². The number of para-hydroxylation sites is 1. The predicted octanol–water partition coefficient (Wildman–Crippen LogP) is 5.65. The topological polar surface area (TPSA) is 55.1 Å². The van der Waals surface area contributed by atoms with E-state index in [9.17, 15) is 9.90 Å². The average Bonchev–Trinajstić information content (AvgIpc) is 2.79. The number of hydrogen-bond donors (Lipinski definition) is 1. The third-order valence-electron chi connectivity index (χ3n) is 5.43. The first kappa shape index (κ1) is 20.6. The molecule has 156 valence electrons. The van der Waals surface area contributed by atoms with E-state index in [0.29, 0.717) is 28.8 Å². The quantitative estimate of drug-likeness (QED) is 0.447. The summed E-state index contributed by atoms with van der Waals surface area (Å²) in [5.74, 6) is 0.143. The van der Waals surface area contributed by atoms with E-state index in [-0.39, 0.29) is 17.4 Å². The lowest BCUT2D eigenvalue weighted by Crippen LogP contribution is -2.29. The molecule has 1 heterocycles. The van der Waals surface area contributed by atoms with E-state index in [4.69, 9.17) is 5.10 Å². The minimum Gasteiger partial charge on any atom is -0.507 e. The molecule has 0 spiro atoms. The Hall–Kier alpha value is -3.66. The van der Waals surface area contributed by atoms with Gasteiger partial charge in [-0.25, -0.2) is 4.68 Å². The zero-order valence-corrected chi connectivity index (χ0v) is 17.8. The molecule has 4 rings (SSSR count). The molecule has 0 aliphatic heterocycles. The zero-order chi connectivity index (χ0) is 21.8. The number of benzene rings is 3. The Morgan fingerprint density at radius 1 is 0.839 bits per heavy atom. The maximum atomic E-state index is 13.5. The molecular weight excluding hydrogens is 384 g/mol. The highest BCUT2D eigenvalue weighted by molar-refractivity contribution is 5.85. The summed E-state index contributed by atoms with van der Waals surface area (Å²) in [5, 5.41) is 15.4. The number of aromatic hydroxyl groups is 1. The van der Waals surface area contributed by atoms with Gasteiger partial charge in [-0.15, -0.1) is 0 Å². The lowest BCUT2D eigenvalue weighted by atomic mass is 9.92. The van der Waals surface area contributed by atoms with Gasteiger partial charge >= 0.3 is 0 Å². The monoisotopic (exact) mass is 410 g/mol. The predicted molar refractivity (Wildman–Crippen MR) is 125 cm³/mol. The van der Waals surface area contributed by atoms with Crippen molar-refractivity contribution in [2.24, 2.45) is 0 Å². The van der Waals surface area contributed by atoms with Gasteiger partial charge in [-0.05, 0) is 38.3 Å². The van der Waals surface area contributed by atoms with Gasteiger partial charge in [-0.2, -0.15) is 5.10 Å². The largest absolute Gasteiger partial charge is 0.507 e. The van der Waals surface area contributed by atoms with E-state index in [1.807, 2.05) is 74.5 Å². The van der Waals surface area contributed by atoms with Crippen molar-refractivity contribution in [1.29, 1.82) is 0 Å². The minimum absolute atomic E-state index is 0.0798. The van der Waals surface area contributed by atoms with E-state index in [0.717, 1.165) is 12.0 Å². The van der Waals surface area contributed by atoms with Gasteiger partial charge in [-0.3, -0.25) is 4.79 Å². The Labute approximate surface area is 182 Å². The van der Waals surface area contributed by atoms with Crippen LogP contribution in [0.2, 0.25) is 0 Å². The molecule has 0 aliphatic carbocycles. The van der Waals surface area contributed by atoms with Crippen LogP contribution in [0.1, 0.15) is 31.0 Å². The van der Waals surface area contributed by atoms with Crippen LogP contribution in [0.4, 0.5) is 0 Å². The molecule has 0 radical (unpaired) electrons. The SMILES string of the molecule is CC(C)n1nc(-c2ccccc2)c(-c2ccccc2O)c(CCc2ccccc2)c1=O. The number of phenols is 1. The Kier molecular flexibility index (Phi) is 5.99. The van der Waals surface area contributed by atoms with Crippen LogP contribution < -0.4 is 5.56 Å². The molecule has 4 heteroatoms. The Bertz CT molecular complexity index is 1230. The third kappa shape index (κ3) is 4.29. The van der Waals surface area contributed by atoms with Gasteiger partial charge < -0.3 is 5.11 Å². The summed E-state index contributed by atoms with van der Waals surface area (Å²) in [5.41, 5.74) is 4.69. The standard InChI is InChI=1S/C27H26N2O2/c1-19(2)29-27(31)23(18-17-20-11-5-3-6-12-20)25(22-15-9-10-16-24(22)30)26(28-29)21-13-7-4-8-14-21/h3-16,19,30H,17-18H2,1-2H3. The highest BCUT2D eigenvalue weighted by Crippen LogP contribution is 2.37. The van der Waals surface area contributed by atoms with Crippen molar-refractivity contribution < 1.29 is 5.11 Å². The normalized spacial score (nSPS) is 11.1. The molecule has 3 aromatic carbocycles. The second-order valence-electron chi connectivity index (χ2n) is 7.91. The van der Waals surface area contributed by atoms with Gasteiger partial charge in [-0.1, -0.05) is 78.9 Å². The molecule has 4 aromatic rings. The van der Waals surface area contributed by atoms with E-state index in [1.165, 1.54) is 5.56 Å². The summed E-state index contributed by atoms with van der Waals surface area (Å²) in [7, 11) is 0.